The van der Waals surface area contributed by atoms with Gasteiger partial charge in [0.05, 0.1) is 35.1 Å². The number of carboxylic acids is 1. The molecular weight excluding hydrogens is 346 g/mol. The molecule has 2 rings (SSSR count). The van der Waals surface area contributed by atoms with Gasteiger partial charge in [-0.3, -0.25) is 4.79 Å². The molecule has 0 heterocycles. The number of hydrogen-bond acceptors (Lipinski definition) is 4. The van der Waals surface area contributed by atoms with E-state index in [2.05, 4.69) is 5.32 Å². The molecule has 2 aromatic rings. The third-order valence-electron chi connectivity index (χ3n) is 3.28. The molecule has 0 spiro atoms. The lowest BCUT2D eigenvalue weighted by molar-refractivity contribution is 0.0697. The van der Waals surface area contributed by atoms with E-state index >= 15 is 0 Å². The average molecular weight is 364 g/mol. The van der Waals surface area contributed by atoms with Gasteiger partial charge >= 0.3 is 5.97 Å². The second-order valence-electron chi connectivity index (χ2n) is 4.95. The molecule has 25 heavy (non-hydrogen) atoms. The summed E-state index contributed by atoms with van der Waals surface area (Å²) in [6.07, 6.45) is 0. The number of amides is 1. The summed E-state index contributed by atoms with van der Waals surface area (Å²) in [5, 5.41) is 12.3. The first-order chi connectivity index (χ1) is 12.0. The van der Waals surface area contributed by atoms with E-state index in [9.17, 15) is 14.7 Å². The fourth-order valence-corrected chi connectivity index (χ4v) is 2.43. The SMILES string of the molecule is CCOc1cc(NC(=O)c2ccccc2Cl)c(C(=O)O)cc1OCC. The molecule has 0 saturated heterocycles. The lowest BCUT2D eigenvalue weighted by Crippen LogP contribution is -2.16. The molecular formula is C18H18ClNO5. The van der Waals surface area contributed by atoms with Crippen molar-refractivity contribution < 1.29 is 24.2 Å². The van der Waals surface area contributed by atoms with Crippen molar-refractivity contribution >= 4 is 29.2 Å². The van der Waals surface area contributed by atoms with Gasteiger partial charge < -0.3 is 19.9 Å². The highest BCUT2D eigenvalue weighted by Crippen LogP contribution is 2.34. The molecule has 0 radical (unpaired) electrons. The summed E-state index contributed by atoms with van der Waals surface area (Å²) in [6, 6.07) is 9.27. The van der Waals surface area contributed by atoms with Gasteiger partial charge in [0, 0.05) is 12.1 Å². The Hall–Kier alpha value is -2.73. The average Bonchev–Trinajstić information content (AvgIpc) is 2.57. The van der Waals surface area contributed by atoms with Gasteiger partial charge in [0.2, 0.25) is 0 Å². The van der Waals surface area contributed by atoms with Crippen molar-refractivity contribution in [1.29, 1.82) is 0 Å². The first-order valence-electron chi connectivity index (χ1n) is 7.70. The van der Waals surface area contributed by atoms with E-state index in [0.717, 1.165) is 0 Å². The molecule has 0 fully saturated rings. The minimum atomic E-state index is -1.20. The van der Waals surface area contributed by atoms with Crippen LogP contribution in [0.15, 0.2) is 36.4 Å². The summed E-state index contributed by atoms with van der Waals surface area (Å²) in [5.74, 6) is -1.06. The van der Waals surface area contributed by atoms with E-state index in [1.54, 1.807) is 38.1 Å². The predicted octanol–water partition coefficient (Wildman–Crippen LogP) is 4.09. The van der Waals surface area contributed by atoms with Crippen molar-refractivity contribution in [3.63, 3.8) is 0 Å². The fraction of sp³-hybridized carbons (Fsp3) is 0.222. The third kappa shape index (κ3) is 4.42. The number of halogens is 1. The summed E-state index contributed by atoms with van der Waals surface area (Å²) >= 11 is 6.01. The first-order valence-corrected chi connectivity index (χ1v) is 8.08. The van der Waals surface area contributed by atoms with E-state index in [1.807, 2.05) is 0 Å². The molecule has 0 aromatic heterocycles. The molecule has 0 saturated carbocycles. The number of hydrogen-bond donors (Lipinski definition) is 2. The minimum Gasteiger partial charge on any atom is -0.490 e. The normalized spacial score (nSPS) is 10.2. The summed E-state index contributed by atoms with van der Waals surface area (Å²) in [4.78, 5) is 24.0. The quantitative estimate of drug-likeness (QED) is 0.774. The number of nitrogens with one attached hydrogen (secondary N) is 1. The molecule has 7 heteroatoms. The van der Waals surface area contributed by atoms with Crippen LogP contribution >= 0.6 is 11.6 Å². The number of anilines is 1. The van der Waals surface area contributed by atoms with Crippen LogP contribution in [0.3, 0.4) is 0 Å². The second-order valence-corrected chi connectivity index (χ2v) is 5.36. The number of carbonyl (C=O) groups is 2. The van der Waals surface area contributed by atoms with Gasteiger partial charge in [-0.25, -0.2) is 4.79 Å². The fourth-order valence-electron chi connectivity index (χ4n) is 2.21. The van der Waals surface area contributed by atoms with E-state index in [4.69, 9.17) is 21.1 Å². The van der Waals surface area contributed by atoms with Crippen LogP contribution in [0, 0.1) is 0 Å². The Morgan fingerprint density at radius 2 is 1.64 bits per heavy atom. The van der Waals surface area contributed by atoms with Crippen LogP contribution in [0.25, 0.3) is 0 Å². The predicted molar refractivity (Wildman–Crippen MR) is 95.1 cm³/mol. The van der Waals surface area contributed by atoms with Crippen molar-refractivity contribution in [2.45, 2.75) is 13.8 Å². The van der Waals surface area contributed by atoms with Crippen molar-refractivity contribution in [3.8, 4) is 11.5 Å². The van der Waals surface area contributed by atoms with Gasteiger partial charge in [-0.2, -0.15) is 0 Å². The maximum atomic E-state index is 12.4. The van der Waals surface area contributed by atoms with E-state index in [0.29, 0.717) is 24.7 Å². The molecule has 6 nitrogen and oxygen atoms in total. The van der Waals surface area contributed by atoms with Crippen LogP contribution in [-0.2, 0) is 0 Å². The van der Waals surface area contributed by atoms with Gasteiger partial charge in [-0.05, 0) is 26.0 Å². The zero-order valence-corrected chi connectivity index (χ0v) is 14.6. The molecule has 0 atom stereocenters. The van der Waals surface area contributed by atoms with Crippen LogP contribution in [0.1, 0.15) is 34.6 Å². The molecule has 0 bridgehead atoms. The summed E-state index contributed by atoms with van der Waals surface area (Å²) in [5.41, 5.74) is 0.240. The van der Waals surface area contributed by atoms with Crippen molar-refractivity contribution in [1.82, 2.24) is 0 Å². The van der Waals surface area contributed by atoms with Crippen LogP contribution < -0.4 is 14.8 Å². The summed E-state index contributed by atoms with van der Waals surface area (Å²) < 4.78 is 10.9. The molecule has 0 aliphatic rings. The van der Waals surface area contributed by atoms with Crippen LogP contribution in [0.4, 0.5) is 5.69 Å². The summed E-state index contributed by atoms with van der Waals surface area (Å²) in [7, 11) is 0. The van der Waals surface area contributed by atoms with Gasteiger partial charge in [0.25, 0.3) is 5.91 Å². The van der Waals surface area contributed by atoms with Crippen LogP contribution in [0.2, 0.25) is 5.02 Å². The smallest absolute Gasteiger partial charge is 0.337 e. The van der Waals surface area contributed by atoms with Gasteiger partial charge in [0.15, 0.2) is 11.5 Å². The standard InChI is InChI=1S/C18H18ClNO5/c1-3-24-15-9-12(18(22)23)14(10-16(15)25-4-2)20-17(21)11-7-5-6-8-13(11)19/h5-10H,3-4H2,1-2H3,(H,20,21)(H,22,23). The van der Waals surface area contributed by atoms with E-state index < -0.39 is 11.9 Å². The van der Waals surface area contributed by atoms with Gasteiger partial charge in [-0.1, -0.05) is 23.7 Å². The Labute approximate surface area is 150 Å². The van der Waals surface area contributed by atoms with Crippen molar-refractivity contribution in [3.05, 3.63) is 52.5 Å². The summed E-state index contributed by atoms with van der Waals surface area (Å²) in [6.45, 7) is 4.29. The molecule has 132 valence electrons. The Morgan fingerprint density at radius 1 is 1.04 bits per heavy atom. The van der Waals surface area contributed by atoms with Crippen molar-refractivity contribution in [2.75, 3.05) is 18.5 Å². The lowest BCUT2D eigenvalue weighted by Gasteiger charge is -2.15. The highest BCUT2D eigenvalue weighted by Gasteiger charge is 2.19. The third-order valence-corrected chi connectivity index (χ3v) is 3.61. The Bertz CT molecular complexity index is 791. The number of carboxylic acid groups (broad SMARTS) is 1. The zero-order chi connectivity index (χ0) is 18.4. The number of rotatable bonds is 7. The largest absolute Gasteiger partial charge is 0.490 e. The highest BCUT2D eigenvalue weighted by atomic mass is 35.5. The Balaban J connectivity index is 2.44. The van der Waals surface area contributed by atoms with Gasteiger partial charge in [0.1, 0.15) is 0 Å². The monoisotopic (exact) mass is 363 g/mol. The lowest BCUT2D eigenvalue weighted by atomic mass is 10.1. The molecule has 2 N–H and O–H groups in total. The maximum absolute atomic E-state index is 12.4. The topological polar surface area (TPSA) is 84.9 Å². The number of benzene rings is 2. The molecule has 0 aliphatic carbocycles. The Morgan fingerprint density at radius 3 is 2.20 bits per heavy atom. The molecule has 2 aromatic carbocycles. The van der Waals surface area contributed by atoms with Gasteiger partial charge in [-0.15, -0.1) is 0 Å². The number of aromatic carboxylic acids is 1. The highest BCUT2D eigenvalue weighted by molar-refractivity contribution is 6.34. The Kier molecular flexibility index (Phi) is 6.25. The van der Waals surface area contributed by atoms with Crippen LogP contribution in [-0.4, -0.2) is 30.2 Å². The maximum Gasteiger partial charge on any atom is 0.337 e. The van der Waals surface area contributed by atoms with E-state index in [1.165, 1.54) is 12.1 Å². The molecule has 0 unspecified atom stereocenters. The van der Waals surface area contributed by atoms with Crippen molar-refractivity contribution in [2.24, 2.45) is 0 Å². The second kappa shape index (κ2) is 8.39. The minimum absolute atomic E-state index is 0.101. The molecule has 0 aliphatic heterocycles. The van der Waals surface area contributed by atoms with Crippen LogP contribution in [0.5, 0.6) is 11.5 Å². The first kappa shape index (κ1) is 18.6. The molecule has 1 amide bonds. The zero-order valence-electron chi connectivity index (χ0n) is 13.8. The number of carbonyl (C=O) groups excluding carboxylic acids is 1. The van der Waals surface area contributed by atoms with E-state index in [-0.39, 0.29) is 21.8 Å². The number of ether oxygens (including phenoxy) is 2.